The van der Waals surface area contributed by atoms with Gasteiger partial charge in [-0.15, -0.1) is 0 Å². The average molecular weight is 256 g/mol. The van der Waals surface area contributed by atoms with Crippen molar-refractivity contribution in [3.05, 3.63) is 0 Å². The van der Waals surface area contributed by atoms with Crippen LogP contribution in [0.2, 0.25) is 0 Å². The van der Waals surface area contributed by atoms with Gasteiger partial charge in [0.2, 0.25) is 5.91 Å². The fourth-order valence-corrected chi connectivity index (χ4v) is 1.97. The lowest BCUT2D eigenvalue weighted by atomic mass is 10.2. The number of amides is 2. The van der Waals surface area contributed by atoms with E-state index in [0.717, 1.165) is 12.8 Å². The number of ether oxygens (including phenoxy) is 1. The van der Waals surface area contributed by atoms with Crippen molar-refractivity contribution in [2.75, 3.05) is 13.1 Å². The highest BCUT2D eigenvalue weighted by Crippen LogP contribution is 2.20. The molecule has 1 aliphatic heterocycles. The van der Waals surface area contributed by atoms with Crippen molar-refractivity contribution in [3.8, 4) is 0 Å². The van der Waals surface area contributed by atoms with Crippen molar-refractivity contribution in [1.29, 1.82) is 0 Å². The number of hydrogen-bond donors (Lipinski definition) is 1. The lowest BCUT2D eigenvalue weighted by molar-refractivity contribution is -0.121. The van der Waals surface area contributed by atoms with Gasteiger partial charge in [0.25, 0.3) is 0 Å². The van der Waals surface area contributed by atoms with Crippen LogP contribution < -0.4 is 5.32 Å². The van der Waals surface area contributed by atoms with E-state index in [2.05, 4.69) is 5.32 Å². The molecule has 1 atom stereocenters. The van der Waals surface area contributed by atoms with Crippen LogP contribution in [0.4, 0.5) is 4.79 Å². The normalized spacial score (nSPS) is 19.8. The highest BCUT2D eigenvalue weighted by Gasteiger charge is 2.32. The quantitative estimate of drug-likeness (QED) is 0.839. The fraction of sp³-hybridized carbons (Fsp3) is 0.846. The molecule has 1 N–H and O–H groups in total. The smallest absolute Gasteiger partial charge is 0.410 e. The molecule has 1 saturated heterocycles. The van der Waals surface area contributed by atoms with Crippen LogP contribution in [0.3, 0.4) is 0 Å². The van der Waals surface area contributed by atoms with E-state index in [9.17, 15) is 9.59 Å². The van der Waals surface area contributed by atoms with Crippen molar-refractivity contribution < 1.29 is 14.3 Å². The molecular formula is C13H24N2O3. The van der Waals surface area contributed by atoms with Gasteiger partial charge in [-0.05, 0) is 33.6 Å². The topological polar surface area (TPSA) is 58.6 Å². The zero-order valence-electron chi connectivity index (χ0n) is 11.8. The number of nitrogens with zero attached hydrogens (tertiary/aromatic N) is 1. The summed E-state index contributed by atoms with van der Waals surface area (Å²) in [5.41, 5.74) is -0.475. The molecule has 0 aliphatic carbocycles. The van der Waals surface area contributed by atoms with Gasteiger partial charge in [-0.3, -0.25) is 4.79 Å². The minimum absolute atomic E-state index is 0.0195. The summed E-state index contributed by atoms with van der Waals surface area (Å²) in [6.07, 6.45) is 2.07. The molecule has 5 heteroatoms. The van der Waals surface area contributed by atoms with E-state index in [4.69, 9.17) is 4.74 Å². The van der Waals surface area contributed by atoms with Crippen molar-refractivity contribution in [2.24, 2.45) is 0 Å². The van der Waals surface area contributed by atoms with Crippen molar-refractivity contribution in [3.63, 3.8) is 0 Å². The first kappa shape index (κ1) is 14.8. The molecule has 18 heavy (non-hydrogen) atoms. The Morgan fingerprint density at radius 3 is 2.61 bits per heavy atom. The predicted octanol–water partition coefficient (Wildman–Crippen LogP) is 1.91. The number of hydrogen-bond acceptors (Lipinski definition) is 3. The lowest BCUT2D eigenvalue weighted by Crippen LogP contribution is -2.45. The van der Waals surface area contributed by atoms with Crippen LogP contribution in [0.15, 0.2) is 0 Å². The van der Waals surface area contributed by atoms with Crippen molar-refractivity contribution in [1.82, 2.24) is 10.2 Å². The van der Waals surface area contributed by atoms with Gasteiger partial charge < -0.3 is 15.0 Å². The molecule has 2 amide bonds. The summed E-state index contributed by atoms with van der Waals surface area (Å²) in [5, 5.41) is 2.83. The van der Waals surface area contributed by atoms with Crippen LogP contribution in [0, 0.1) is 0 Å². The molecule has 0 aromatic rings. The second kappa shape index (κ2) is 6.07. The van der Waals surface area contributed by atoms with Gasteiger partial charge in [0.1, 0.15) is 5.60 Å². The average Bonchev–Trinajstić information content (AvgIpc) is 2.71. The van der Waals surface area contributed by atoms with E-state index in [-0.39, 0.29) is 18.0 Å². The molecular weight excluding hydrogens is 232 g/mol. The van der Waals surface area contributed by atoms with Gasteiger partial charge in [0, 0.05) is 19.5 Å². The van der Waals surface area contributed by atoms with Gasteiger partial charge in [0.05, 0.1) is 6.04 Å². The van der Waals surface area contributed by atoms with Crippen molar-refractivity contribution >= 4 is 12.0 Å². The molecule has 104 valence electrons. The zero-order chi connectivity index (χ0) is 13.8. The second-order valence-corrected chi connectivity index (χ2v) is 5.63. The summed E-state index contributed by atoms with van der Waals surface area (Å²) < 4.78 is 5.36. The van der Waals surface area contributed by atoms with Gasteiger partial charge in [0.15, 0.2) is 0 Å². The van der Waals surface area contributed by atoms with Crippen molar-refractivity contribution in [2.45, 2.75) is 58.6 Å². The second-order valence-electron chi connectivity index (χ2n) is 5.63. The van der Waals surface area contributed by atoms with Gasteiger partial charge in [-0.1, -0.05) is 6.92 Å². The Labute approximate surface area is 109 Å². The van der Waals surface area contributed by atoms with Gasteiger partial charge >= 0.3 is 6.09 Å². The first-order chi connectivity index (χ1) is 8.33. The van der Waals surface area contributed by atoms with E-state index in [1.165, 1.54) is 0 Å². The minimum Gasteiger partial charge on any atom is -0.444 e. The molecule has 1 fully saturated rings. The lowest BCUT2D eigenvalue weighted by Gasteiger charge is -2.28. The molecule has 0 spiro atoms. The summed E-state index contributed by atoms with van der Waals surface area (Å²) in [4.78, 5) is 24.9. The molecule has 5 nitrogen and oxygen atoms in total. The maximum atomic E-state index is 12.0. The summed E-state index contributed by atoms with van der Waals surface area (Å²) >= 11 is 0. The minimum atomic E-state index is -0.475. The highest BCUT2D eigenvalue weighted by molar-refractivity contribution is 5.75. The van der Waals surface area contributed by atoms with E-state index < -0.39 is 5.60 Å². The molecule has 0 saturated carbocycles. The van der Waals surface area contributed by atoms with E-state index >= 15 is 0 Å². The van der Waals surface area contributed by atoms with Gasteiger partial charge in [-0.2, -0.15) is 0 Å². The third kappa shape index (κ3) is 4.55. The SMILES string of the molecule is CCC(=O)NCC1CCCN1C(=O)OC(C)(C)C. The molecule has 1 aliphatic rings. The van der Waals surface area contributed by atoms with Gasteiger partial charge in [-0.25, -0.2) is 4.79 Å². The number of nitrogens with one attached hydrogen (secondary N) is 1. The third-order valence-corrected chi connectivity index (χ3v) is 2.86. The van der Waals surface area contributed by atoms with Crippen LogP contribution in [0.1, 0.15) is 47.0 Å². The maximum absolute atomic E-state index is 12.0. The standard InChI is InChI=1S/C13H24N2O3/c1-5-11(16)14-9-10-7-6-8-15(10)12(17)18-13(2,3)4/h10H,5-9H2,1-4H3,(H,14,16). The zero-order valence-corrected chi connectivity index (χ0v) is 11.8. The third-order valence-electron chi connectivity index (χ3n) is 2.86. The summed E-state index contributed by atoms with van der Waals surface area (Å²) in [5.74, 6) is 0.0195. The number of likely N-dealkylation sites (tertiary alicyclic amines) is 1. The predicted molar refractivity (Wildman–Crippen MR) is 69.3 cm³/mol. The Hall–Kier alpha value is -1.26. The first-order valence-corrected chi connectivity index (χ1v) is 6.60. The molecule has 0 aromatic carbocycles. The highest BCUT2D eigenvalue weighted by atomic mass is 16.6. The van der Waals surface area contributed by atoms with Crippen LogP contribution in [0.25, 0.3) is 0 Å². The van der Waals surface area contributed by atoms with Crippen LogP contribution in [-0.4, -0.2) is 41.6 Å². The molecule has 0 aromatic heterocycles. The number of carbonyl (C=O) groups excluding carboxylic acids is 2. The monoisotopic (exact) mass is 256 g/mol. The van der Waals surface area contributed by atoms with E-state index in [1.54, 1.807) is 4.90 Å². The Bertz CT molecular complexity index is 310. The molecule has 0 bridgehead atoms. The Morgan fingerprint density at radius 2 is 2.06 bits per heavy atom. The number of rotatable bonds is 3. The largest absolute Gasteiger partial charge is 0.444 e. The van der Waals surface area contributed by atoms with Crippen LogP contribution in [-0.2, 0) is 9.53 Å². The summed E-state index contributed by atoms with van der Waals surface area (Å²) in [6, 6.07) is 0.0651. The Morgan fingerprint density at radius 1 is 1.39 bits per heavy atom. The maximum Gasteiger partial charge on any atom is 0.410 e. The van der Waals surface area contributed by atoms with E-state index in [1.807, 2.05) is 27.7 Å². The summed E-state index contributed by atoms with van der Waals surface area (Å²) in [7, 11) is 0. The first-order valence-electron chi connectivity index (χ1n) is 6.60. The Balaban J connectivity index is 2.49. The van der Waals surface area contributed by atoms with Crippen LogP contribution >= 0.6 is 0 Å². The molecule has 1 heterocycles. The molecule has 1 rings (SSSR count). The summed E-state index contributed by atoms with van der Waals surface area (Å²) in [6.45, 7) is 8.61. The Kier molecular flexibility index (Phi) is 4.99. The molecule has 0 radical (unpaired) electrons. The van der Waals surface area contributed by atoms with Crippen LogP contribution in [0.5, 0.6) is 0 Å². The number of carbonyl (C=O) groups is 2. The van der Waals surface area contributed by atoms with E-state index in [0.29, 0.717) is 19.5 Å². The molecule has 1 unspecified atom stereocenters. The fourth-order valence-electron chi connectivity index (χ4n) is 1.97.